The fraction of sp³-hybridized carbons (Fsp3) is 0.120. The van der Waals surface area contributed by atoms with Gasteiger partial charge < -0.3 is 14.8 Å². The van der Waals surface area contributed by atoms with Crippen molar-refractivity contribution in [2.24, 2.45) is 0 Å². The summed E-state index contributed by atoms with van der Waals surface area (Å²) in [5, 5.41) is 2.71. The summed E-state index contributed by atoms with van der Waals surface area (Å²) in [7, 11) is 0. The first-order chi connectivity index (χ1) is 16.6. The second kappa shape index (κ2) is 11.8. The highest BCUT2D eigenvalue weighted by atomic mass is 35.5. The van der Waals surface area contributed by atoms with Gasteiger partial charge in [-0.2, -0.15) is 13.2 Å². The molecule has 0 radical (unpaired) electrons. The molecule has 5 nitrogen and oxygen atoms in total. The minimum absolute atomic E-state index is 0.0862. The van der Waals surface area contributed by atoms with Crippen LogP contribution in [-0.2, 0) is 27.1 Å². The summed E-state index contributed by atoms with van der Waals surface area (Å²) in [5.74, 6) is -1.04. The van der Waals surface area contributed by atoms with Crippen molar-refractivity contribution in [2.75, 3.05) is 11.9 Å². The Morgan fingerprint density at radius 2 is 1.66 bits per heavy atom. The van der Waals surface area contributed by atoms with Crippen LogP contribution in [0.5, 0.6) is 5.75 Å². The van der Waals surface area contributed by atoms with Gasteiger partial charge in [0.05, 0.1) is 16.3 Å². The van der Waals surface area contributed by atoms with Gasteiger partial charge in [-0.25, -0.2) is 4.79 Å². The topological polar surface area (TPSA) is 64.6 Å². The smallest absolute Gasteiger partial charge is 0.416 e. The van der Waals surface area contributed by atoms with Gasteiger partial charge in [0.1, 0.15) is 12.4 Å². The molecule has 0 aromatic heterocycles. The van der Waals surface area contributed by atoms with Gasteiger partial charge in [-0.05, 0) is 48.0 Å². The third-order valence-electron chi connectivity index (χ3n) is 4.56. The zero-order chi connectivity index (χ0) is 25.4. The Hall–Kier alpha value is -3.49. The molecule has 0 bridgehead atoms. The third kappa shape index (κ3) is 8.05. The molecule has 3 aromatic carbocycles. The molecule has 0 spiro atoms. The molecule has 10 heteroatoms. The second-order valence-electron chi connectivity index (χ2n) is 7.13. The number of anilines is 1. The molecule has 0 aliphatic rings. The van der Waals surface area contributed by atoms with Gasteiger partial charge in [-0.15, -0.1) is 0 Å². The Morgan fingerprint density at radius 3 is 2.34 bits per heavy atom. The van der Waals surface area contributed by atoms with Crippen molar-refractivity contribution in [1.82, 2.24) is 0 Å². The van der Waals surface area contributed by atoms with E-state index >= 15 is 0 Å². The number of ether oxygens (including phenoxy) is 2. The monoisotopic (exact) mass is 523 g/mol. The van der Waals surface area contributed by atoms with Crippen molar-refractivity contribution in [3.8, 4) is 5.75 Å². The van der Waals surface area contributed by atoms with E-state index in [1.54, 1.807) is 30.3 Å². The molecule has 3 aromatic rings. The molecular weight excluding hydrogens is 506 g/mol. The van der Waals surface area contributed by atoms with Crippen LogP contribution in [0, 0.1) is 0 Å². The number of esters is 1. The van der Waals surface area contributed by atoms with Crippen molar-refractivity contribution >= 4 is 46.8 Å². The summed E-state index contributed by atoms with van der Waals surface area (Å²) in [4.78, 5) is 23.8. The fourth-order valence-electron chi connectivity index (χ4n) is 2.78. The van der Waals surface area contributed by atoms with E-state index in [0.717, 1.165) is 23.8 Å². The van der Waals surface area contributed by atoms with Gasteiger partial charge in [-0.1, -0.05) is 53.5 Å². The highest BCUT2D eigenvalue weighted by molar-refractivity contribution is 6.33. The van der Waals surface area contributed by atoms with Gasteiger partial charge in [0.25, 0.3) is 5.91 Å². The zero-order valence-corrected chi connectivity index (χ0v) is 19.5. The first kappa shape index (κ1) is 26.1. The SMILES string of the molecule is O=C(COC(=O)C=Cc1ccc(OCc2ccccc2Cl)cc1)Nc1cc(C(F)(F)F)ccc1Cl. The van der Waals surface area contributed by atoms with E-state index in [9.17, 15) is 22.8 Å². The van der Waals surface area contributed by atoms with E-state index in [2.05, 4.69) is 5.32 Å². The lowest BCUT2D eigenvalue weighted by atomic mass is 10.2. The lowest BCUT2D eigenvalue weighted by molar-refractivity contribution is -0.142. The van der Waals surface area contributed by atoms with Gasteiger partial charge in [0, 0.05) is 16.7 Å². The van der Waals surface area contributed by atoms with Crippen LogP contribution in [0.1, 0.15) is 16.7 Å². The van der Waals surface area contributed by atoms with Crippen LogP contribution in [0.15, 0.2) is 72.8 Å². The van der Waals surface area contributed by atoms with Crippen LogP contribution in [0.4, 0.5) is 18.9 Å². The van der Waals surface area contributed by atoms with Crippen molar-refractivity contribution in [2.45, 2.75) is 12.8 Å². The zero-order valence-electron chi connectivity index (χ0n) is 17.9. The Morgan fingerprint density at radius 1 is 0.943 bits per heavy atom. The first-order valence-electron chi connectivity index (χ1n) is 10.1. The van der Waals surface area contributed by atoms with E-state index < -0.39 is 30.2 Å². The van der Waals surface area contributed by atoms with Crippen molar-refractivity contribution in [3.05, 3.63) is 99.5 Å². The predicted octanol–water partition coefficient (Wildman–Crippen LogP) is 6.79. The molecule has 0 saturated heterocycles. The molecule has 0 aliphatic heterocycles. The lowest BCUT2D eigenvalue weighted by Gasteiger charge is -2.11. The molecule has 0 aliphatic carbocycles. The minimum Gasteiger partial charge on any atom is -0.489 e. The largest absolute Gasteiger partial charge is 0.489 e. The molecule has 0 saturated carbocycles. The number of amides is 1. The summed E-state index contributed by atoms with van der Waals surface area (Å²) in [6, 6.07) is 16.7. The van der Waals surface area contributed by atoms with Crippen molar-refractivity contribution in [1.29, 1.82) is 0 Å². The number of alkyl halides is 3. The van der Waals surface area contributed by atoms with Crippen LogP contribution in [0.3, 0.4) is 0 Å². The maximum absolute atomic E-state index is 12.8. The predicted molar refractivity (Wildman–Crippen MR) is 127 cm³/mol. The fourth-order valence-corrected chi connectivity index (χ4v) is 3.14. The molecule has 1 amide bonds. The Labute approximate surface area is 209 Å². The Balaban J connectivity index is 1.47. The number of rotatable bonds is 8. The number of carbonyl (C=O) groups is 2. The standard InChI is InChI=1S/C25H18Cl2F3NO4/c26-20-4-2-1-3-17(20)14-34-19-9-5-16(6-10-19)7-12-24(33)35-15-23(32)31-22-13-18(25(28,29)30)8-11-21(22)27/h1-13H,14-15H2,(H,31,32). The Bertz CT molecular complexity index is 1230. The van der Waals surface area contributed by atoms with Gasteiger partial charge in [0.2, 0.25) is 0 Å². The summed E-state index contributed by atoms with van der Waals surface area (Å²) in [5.41, 5.74) is 0.305. The maximum atomic E-state index is 12.8. The molecule has 35 heavy (non-hydrogen) atoms. The minimum atomic E-state index is -4.60. The number of nitrogens with one attached hydrogen (secondary N) is 1. The van der Waals surface area contributed by atoms with Crippen LogP contribution < -0.4 is 10.1 Å². The van der Waals surface area contributed by atoms with Crippen LogP contribution in [0.25, 0.3) is 6.08 Å². The average Bonchev–Trinajstić information content (AvgIpc) is 2.82. The summed E-state index contributed by atoms with van der Waals surface area (Å²) >= 11 is 11.9. The quantitative estimate of drug-likeness (QED) is 0.261. The first-order valence-corrected chi connectivity index (χ1v) is 10.8. The van der Waals surface area contributed by atoms with E-state index in [4.69, 9.17) is 32.7 Å². The summed E-state index contributed by atoms with van der Waals surface area (Å²) in [6.07, 6.45) is -2.01. The number of halogens is 5. The highest BCUT2D eigenvalue weighted by Crippen LogP contribution is 2.33. The maximum Gasteiger partial charge on any atom is 0.416 e. The lowest BCUT2D eigenvalue weighted by Crippen LogP contribution is -2.20. The normalized spacial score (nSPS) is 11.3. The van der Waals surface area contributed by atoms with E-state index in [1.807, 2.05) is 18.2 Å². The number of carbonyl (C=O) groups excluding carboxylic acids is 2. The van der Waals surface area contributed by atoms with Gasteiger partial charge in [0.15, 0.2) is 6.61 Å². The number of hydrogen-bond acceptors (Lipinski definition) is 4. The second-order valence-corrected chi connectivity index (χ2v) is 7.95. The third-order valence-corrected chi connectivity index (χ3v) is 5.26. The van der Waals surface area contributed by atoms with Crippen molar-refractivity contribution < 1.29 is 32.2 Å². The van der Waals surface area contributed by atoms with Crippen LogP contribution in [-0.4, -0.2) is 18.5 Å². The molecule has 0 atom stereocenters. The van der Waals surface area contributed by atoms with Gasteiger partial charge in [-0.3, -0.25) is 4.79 Å². The van der Waals surface area contributed by atoms with Gasteiger partial charge >= 0.3 is 12.1 Å². The molecule has 182 valence electrons. The molecule has 0 fully saturated rings. The van der Waals surface area contributed by atoms with Crippen LogP contribution in [0.2, 0.25) is 10.0 Å². The van der Waals surface area contributed by atoms with E-state index in [1.165, 1.54) is 6.08 Å². The van der Waals surface area contributed by atoms with E-state index in [-0.39, 0.29) is 10.7 Å². The number of hydrogen-bond donors (Lipinski definition) is 1. The molecule has 1 N–H and O–H groups in total. The van der Waals surface area contributed by atoms with E-state index in [0.29, 0.717) is 29.0 Å². The Kier molecular flexibility index (Phi) is 8.78. The molecule has 3 rings (SSSR count). The number of benzene rings is 3. The molecule has 0 unspecified atom stereocenters. The summed E-state index contributed by atoms with van der Waals surface area (Å²) < 4.78 is 49.0. The van der Waals surface area contributed by atoms with Crippen LogP contribution >= 0.6 is 23.2 Å². The average molecular weight is 524 g/mol. The molecule has 0 heterocycles. The highest BCUT2D eigenvalue weighted by Gasteiger charge is 2.31. The summed E-state index contributed by atoms with van der Waals surface area (Å²) in [6.45, 7) is -0.403. The molecular formula is C25H18Cl2F3NO4. The van der Waals surface area contributed by atoms with Crippen molar-refractivity contribution in [3.63, 3.8) is 0 Å².